The molecule has 0 saturated carbocycles. The van der Waals surface area contributed by atoms with Gasteiger partial charge in [0.15, 0.2) is 11.5 Å². The second-order valence-electron chi connectivity index (χ2n) is 3.40. The Morgan fingerprint density at radius 3 is 2.50 bits per heavy atom. The van der Waals surface area contributed by atoms with Gasteiger partial charge in [-0.2, -0.15) is 4.37 Å². The first kappa shape index (κ1) is 13.3. The Kier molecular flexibility index (Phi) is 4.54. The summed E-state index contributed by atoms with van der Waals surface area (Å²) in [6.07, 6.45) is 0. The van der Waals surface area contributed by atoms with Crippen molar-refractivity contribution in [1.82, 2.24) is 9.36 Å². The molecule has 2 rings (SSSR count). The van der Waals surface area contributed by atoms with Crippen molar-refractivity contribution in [2.45, 2.75) is 13.8 Å². The molecule has 0 N–H and O–H groups in total. The lowest BCUT2D eigenvalue weighted by Crippen LogP contribution is -1.98. The summed E-state index contributed by atoms with van der Waals surface area (Å²) in [5, 5.41) is 0.853. The third kappa shape index (κ3) is 3.00. The summed E-state index contributed by atoms with van der Waals surface area (Å²) in [5.74, 6) is 1.50. The van der Waals surface area contributed by atoms with Crippen molar-refractivity contribution in [2.75, 3.05) is 13.2 Å². The lowest BCUT2D eigenvalue weighted by molar-refractivity contribution is 0.288. The molecule has 0 amide bonds. The van der Waals surface area contributed by atoms with Crippen LogP contribution in [-0.2, 0) is 0 Å². The topological polar surface area (TPSA) is 44.2 Å². The monoisotopic (exact) mass is 328 g/mol. The average Bonchev–Trinajstić information content (AvgIpc) is 2.79. The molecule has 18 heavy (non-hydrogen) atoms. The zero-order valence-electron chi connectivity index (χ0n) is 10.1. The normalized spacial score (nSPS) is 10.4. The number of ether oxygens (including phenoxy) is 2. The van der Waals surface area contributed by atoms with Crippen LogP contribution in [0.3, 0.4) is 0 Å². The number of nitrogens with zero attached hydrogens (tertiary/aromatic N) is 2. The predicted octanol–water partition coefficient (Wildman–Crippen LogP) is 3.77. The van der Waals surface area contributed by atoms with Crippen LogP contribution in [0.25, 0.3) is 10.6 Å². The van der Waals surface area contributed by atoms with E-state index in [2.05, 4.69) is 25.3 Å². The van der Waals surface area contributed by atoms with Gasteiger partial charge < -0.3 is 9.47 Å². The highest BCUT2D eigenvalue weighted by Gasteiger charge is 2.10. The molecule has 4 nitrogen and oxygen atoms in total. The van der Waals surface area contributed by atoms with Gasteiger partial charge in [0.25, 0.3) is 0 Å². The highest BCUT2D eigenvalue weighted by atomic mass is 79.9. The smallest absolute Gasteiger partial charge is 0.209 e. The minimum atomic E-state index is 0.601. The number of hydrogen-bond acceptors (Lipinski definition) is 5. The molecule has 0 fully saturated rings. The second-order valence-corrected chi connectivity index (χ2v) is 4.86. The van der Waals surface area contributed by atoms with Gasteiger partial charge in [-0.25, -0.2) is 4.98 Å². The van der Waals surface area contributed by atoms with E-state index in [0.717, 1.165) is 22.1 Å². The van der Waals surface area contributed by atoms with Crippen molar-refractivity contribution < 1.29 is 9.47 Å². The minimum Gasteiger partial charge on any atom is -0.490 e. The van der Waals surface area contributed by atoms with Crippen LogP contribution in [0.1, 0.15) is 13.8 Å². The molecule has 0 saturated heterocycles. The SMILES string of the molecule is CCOc1ccc(-c2nc(Br)ns2)cc1OCC. The number of rotatable bonds is 5. The molecule has 0 aliphatic rings. The van der Waals surface area contributed by atoms with Gasteiger partial charge in [0, 0.05) is 5.56 Å². The van der Waals surface area contributed by atoms with Crippen LogP contribution in [0.15, 0.2) is 22.9 Å². The summed E-state index contributed by atoms with van der Waals surface area (Å²) in [6, 6.07) is 5.79. The van der Waals surface area contributed by atoms with E-state index >= 15 is 0 Å². The maximum Gasteiger partial charge on any atom is 0.209 e. The highest BCUT2D eigenvalue weighted by molar-refractivity contribution is 9.10. The van der Waals surface area contributed by atoms with Crippen molar-refractivity contribution >= 4 is 27.5 Å². The molecule has 0 spiro atoms. The summed E-state index contributed by atoms with van der Waals surface area (Å²) < 4.78 is 15.8. The fraction of sp³-hybridized carbons (Fsp3) is 0.333. The van der Waals surface area contributed by atoms with Crippen LogP contribution >= 0.6 is 27.5 Å². The van der Waals surface area contributed by atoms with Gasteiger partial charge in [-0.3, -0.25) is 0 Å². The van der Waals surface area contributed by atoms with Crippen LogP contribution in [0.2, 0.25) is 0 Å². The summed E-state index contributed by atoms with van der Waals surface area (Å²) in [7, 11) is 0. The molecular weight excluding hydrogens is 316 g/mol. The molecule has 1 heterocycles. The highest BCUT2D eigenvalue weighted by Crippen LogP contribution is 2.33. The Morgan fingerprint density at radius 2 is 1.89 bits per heavy atom. The number of hydrogen-bond donors (Lipinski definition) is 0. The summed E-state index contributed by atoms with van der Waals surface area (Å²) >= 11 is 4.59. The Morgan fingerprint density at radius 1 is 1.17 bits per heavy atom. The zero-order valence-corrected chi connectivity index (χ0v) is 12.5. The summed E-state index contributed by atoms with van der Waals surface area (Å²) in [5.41, 5.74) is 0.977. The van der Waals surface area contributed by atoms with Crippen molar-refractivity contribution in [3.05, 3.63) is 22.9 Å². The first-order valence-electron chi connectivity index (χ1n) is 5.63. The fourth-order valence-electron chi connectivity index (χ4n) is 1.51. The van der Waals surface area contributed by atoms with E-state index in [-0.39, 0.29) is 0 Å². The van der Waals surface area contributed by atoms with Gasteiger partial charge >= 0.3 is 0 Å². The predicted molar refractivity (Wildman–Crippen MR) is 75.4 cm³/mol. The van der Waals surface area contributed by atoms with Gasteiger partial charge in [0.1, 0.15) is 5.01 Å². The van der Waals surface area contributed by atoms with Crippen molar-refractivity contribution in [3.63, 3.8) is 0 Å². The van der Waals surface area contributed by atoms with Gasteiger partial charge in [0.2, 0.25) is 4.73 Å². The van der Waals surface area contributed by atoms with E-state index in [1.807, 2.05) is 32.0 Å². The van der Waals surface area contributed by atoms with E-state index in [0.29, 0.717) is 17.9 Å². The van der Waals surface area contributed by atoms with E-state index in [9.17, 15) is 0 Å². The van der Waals surface area contributed by atoms with Gasteiger partial charge in [-0.15, -0.1) is 0 Å². The molecular formula is C12H13BrN2O2S. The van der Waals surface area contributed by atoms with E-state index in [1.54, 1.807) is 0 Å². The number of aromatic nitrogens is 2. The molecule has 2 aromatic rings. The lowest BCUT2D eigenvalue weighted by atomic mass is 10.2. The molecule has 0 atom stereocenters. The molecule has 96 valence electrons. The quantitative estimate of drug-likeness (QED) is 0.838. The fourth-order valence-corrected chi connectivity index (χ4v) is 2.58. The van der Waals surface area contributed by atoms with Gasteiger partial charge in [-0.1, -0.05) is 0 Å². The van der Waals surface area contributed by atoms with Crippen molar-refractivity contribution in [1.29, 1.82) is 0 Å². The van der Waals surface area contributed by atoms with Gasteiger partial charge in [0.05, 0.1) is 13.2 Å². The maximum atomic E-state index is 5.58. The first-order valence-corrected chi connectivity index (χ1v) is 7.20. The standard InChI is InChI=1S/C12H13BrN2O2S/c1-3-16-9-6-5-8(7-10(9)17-4-2)11-14-12(13)15-18-11/h5-7H,3-4H2,1-2H3. The Bertz CT molecular complexity index is 531. The summed E-state index contributed by atoms with van der Waals surface area (Å²) in [6.45, 7) is 5.11. The van der Waals surface area contributed by atoms with E-state index in [4.69, 9.17) is 9.47 Å². The van der Waals surface area contributed by atoms with Crippen LogP contribution in [0.5, 0.6) is 11.5 Å². The Balaban J connectivity index is 2.35. The molecule has 0 aliphatic heterocycles. The number of benzene rings is 1. The first-order chi connectivity index (χ1) is 8.74. The lowest BCUT2D eigenvalue weighted by Gasteiger charge is -2.11. The van der Waals surface area contributed by atoms with Crippen LogP contribution in [0.4, 0.5) is 0 Å². The Hall–Kier alpha value is -1.14. The minimum absolute atomic E-state index is 0.601. The van der Waals surface area contributed by atoms with Crippen molar-refractivity contribution in [3.8, 4) is 22.1 Å². The van der Waals surface area contributed by atoms with E-state index < -0.39 is 0 Å². The number of halogens is 1. The van der Waals surface area contributed by atoms with Crippen LogP contribution < -0.4 is 9.47 Å². The molecule has 0 bridgehead atoms. The molecule has 1 aromatic carbocycles. The third-order valence-corrected chi connectivity index (χ3v) is 3.55. The Labute approximate surface area is 118 Å². The van der Waals surface area contributed by atoms with E-state index in [1.165, 1.54) is 11.5 Å². The molecule has 0 unspecified atom stereocenters. The molecule has 6 heteroatoms. The van der Waals surface area contributed by atoms with Crippen LogP contribution in [-0.4, -0.2) is 22.6 Å². The molecule has 0 aliphatic carbocycles. The maximum absolute atomic E-state index is 5.58. The van der Waals surface area contributed by atoms with Gasteiger partial charge in [-0.05, 0) is 59.5 Å². The average molecular weight is 329 g/mol. The third-order valence-electron chi connectivity index (χ3n) is 2.19. The zero-order chi connectivity index (χ0) is 13.0. The van der Waals surface area contributed by atoms with Crippen molar-refractivity contribution in [2.24, 2.45) is 0 Å². The summed E-state index contributed by atoms with van der Waals surface area (Å²) in [4.78, 5) is 4.29. The largest absolute Gasteiger partial charge is 0.490 e. The second kappa shape index (κ2) is 6.15. The van der Waals surface area contributed by atoms with Crippen LogP contribution in [0, 0.1) is 0 Å². The molecule has 1 aromatic heterocycles. The molecule has 0 radical (unpaired) electrons.